The van der Waals surface area contributed by atoms with E-state index in [-0.39, 0.29) is 10.6 Å². The van der Waals surface area contributed by atoms with E-state index < -0.39 is 10.0 Å². The SMILES string of the molecule is COc1cc(Br)c(N)cc1S(=O)(=O)N1CC=C(C)CC1. The second-order valence-electron chi connectivity index (χ2n) is 4.69. The Morgan fingerprint density at radius 2 is 2.10 bits per heavy atom. The highest BCUT2D eigenvalue weighted by Gasteiger charge is 2.29. The van der Waals surface area contributed by atoms with Crippen molar-refractivity contribution in [2.75, 3.05) is 25.9 Å². The highest BCUT2D eigenvalue weighted by atomic mass is 79.9. The maximum absolute atomic E-state index is 12.7. The minimum absolute atomic E-state index is 0.105. The molecule has 0 aliphatic carbocycles. The molecule has 1 aliphatic rings. The highest BCUT2D eigenvalue weighted by molar-refractivity contribution is 9.10. The molecule has 0 aromatic heterocycles. The van der Waals surface area contributed by atoms with Crippen molar-refractivity contribution in [3.8, 4) is 5.75 Å². The normalized spacial score (nSPS) is 16.9. The summed E-state index contributed by atoms with van der Waals surface area (Å²) in [7, 11) is -2.16. The summed E-state index contributed by atoms with van der Waals surface area (Å²) < 4.78 is 32.6. The number of halogens is 1. The lowest BCUT2D eigenvalue weighted by Crippen LogP contribution is -2.34. The number of anilines is 1. The van der Waals surface area contributed by atoms with Gasteiger partial charge in [-0.15, -0.1) is 0 Å². The number of rotatable bonds is 3. The van der Waals surface area contributed by atoms with Crippen molar-refractivity contribution < 1.29 is 13.2 Å². The molecule has 1 heterocycles. The zero-order valence-electron chi connectivity index (χ0n) is 11.4. The average Bonchev–Trinajstić information content (AvgIpc) is 2.41. The third-order valence-corrected chi connectivity index (χ3v) is 5.87. The minimum atomic E-state index is -3.60. The molecular formula is C13H17BrN2O3S. The summed E-state index contributed by atoms with van der Waals surface area (Å²) in [6.45, 7) is 2.86. The van der Waals surface area contributed by atoms with Crippen LogP contribution in [0.2, 0.25) is 0 Å². The summed E-state index contributed by atoms with van der Waals surface area (Å²) in [6.07, 6.45) is 2.67. The molecule has 110 valence electrons. The van der Waals surface area contributed by atoms with Gasteiger partial charge in [-0.2, -0.15) is 4.31 Å². The predicted molar refractivity (Wildman–Crippen MR) is 82.2 cm³/mol. The molecule has 0 unspecified atom stereocenters. The Bertz CT molecular complexity index is 656. The molecule has 0 bridgehead atoms. The van der Waals surface area contributed by atoms with Gasteiger partial charge in [-0.05, 0) is 41.4 Å². The quantitative estimate of drug-likeness (QED) is 0.663. The fraction of sp³-hybridized carbons (Fsp3) is 0.385. The molecule has 5 nitrogen and oxygen atoms in total. The Morgan fingerprint density at radius 3 is 2.65 bits per heavy atom. The van der Waals surface area contributed by atoms with E-state index in [4.69, 9.17) is 10.5 Å². The summed E-state index contributed by atoms with van der Waals surface area (Å²) >= 11 is 3.27. The maximum Gasteiger partial charge on any atom is 0.247 e. The molecule has 0 fully saturated rings. The molecule has 20 heavy (non-hydrogen) atoms. The molecule has 0 radical (unpaired) electrons. The first-order valence-electron chi connectivity index (χ1n) is 6.15. The van der Waals surface area contributed by atoms with Crippen molar-refractivity contribution in [1.29, 1.82) is 0 Å². The topological polar surface area (TPSA) is 72.6 Å². The van der Waals surface area contributed by atoms with E-state index in [0.717, 1.165) is 6.42 Å². The van der Waals surface area contributed by atoms with E-state index in [9.17, 15) is 8.42 Å². The molecule has 0 saturated heterocycles. The Morgan fingerprint density at radius 1 is 1.40 bits per heavy atom. The summed E-state index contributed by atoms with van der Waals surface area (Å²) in [5.41, 5.74) is 7.37. The fourth-order valence-corrected chi connectivity index (χ4v) is 3.90. The van der Waals surface area contributed by atoms with Crippen molar-refractivity contribution in [2.24, 2.45) is 0 Å². The molecule has 1 aliphatic heterocycles. The van der Waals surface area contributed by atoms with Crippen LogP contribution in [0.5, 0.6) is 5.75 Å². The molecule has 2 N–H and O–H groups in total. The lowest BCUT2D eigenvalue weighted by Gasteiger charge is -2.25. The zero-order chi connectivity index (χ0) is 14.9. The van der Waals surface area contributed by atoms with Crippen LogP contribution in [0.15, 0.2) is 33.2 Å². The summed E-state index contributed by atoms with van der Waals surface area (Å²) in [6, 6.07) is 3.01. The first-order valence-corrected chi connectivity index (χ1v) is 8.38. The predicted octanol–water partition coefficient (Wildman–Crippen LogP) is 2.38. The van der Waals surface area contributed by atoms with Crippen molar-refractivity contribution in [3.63, 3.8) is 0 Å². The molecule has 0 spiro atoms. The Kier molecular flexibility index (Phi) is 4.41. The first-order chi connectivity index (χ1) is 9.36. The molecule has 1 aromatic carbocycles. The average molecular weight is 361 g/mol. The monoisotopic (exact) mass is 360 g/mol. The van der Waals surface area contributed by atoms with Crippen LogP contribution in [0.25, 0.3) is 0 Å². The molecule has 7 heteroatoms. The third kappa shape index (κ3) is 2.84. The number of benzene rings is 1. The van der Waals surface area contributed by atoms with Crippen molar-refractivity contribution >= 4 is 31.6 Å². The lowest BCUT2D eigenvalue weighted by atomic mass is 10.1. The number of ether oxygens (including phenoxy) is 1. The van der Waals surface area contributed by atoms with Gasteiger partial charge in [-0.3, -0.25) is 0 Å². The van der Waals surface area contributed by atoms with Crippen LogP contribution in [0, 0.1) is 0 Å². The molecule has 1 aromatic rings. The van der Waals surface area contributed by atoms with Crippen molar-refractivity contribution in [1.82, 2.24) is 4.31 Å². The number of hydrogen-bond acceptors (Lipinski definition) is 4. The second kappa shape index (κ2) is 5.75. The van der Waals surface area contributed by atoms with E-state index >= 15 is 0 Å². The van der Waals surface area contributed by atoms with Gasteiger partial charge in [0.25, 0.3) is 0 Å². The number of hydrogen-bond donors (Lipinski definition) is 1. The largest absolute Gasteiger partial charge is 0.495 e. The van der Waals surface area contributed by atoms with Gasteiger partial charge in [0.2, 0.25) is 10.0 Å². The molecule has 2 rings (SSSR count). The van der Waals surface area contributed by atoms with Gasteiger partial charge in [0, 0.05) is 23.2 Å². The number of nitrogens with zero attached hydrogens (tertiary/aromatic N) is 1. The molecule has 0 atom stereocenters. The summed E-state index contributed by atoms with van der Waals surface area (Å²) in [5, 5.41) is 0. The zero-order valence-corrected chi connectivity index (χ0v) is 13.8. The first kappa shape index (κ1) is 15.3. The van der Waals surface area contributed by atoms with E-state index in [1.54, 1.807) is 6.07 Å². The maximum atomic E-state index is 12.7. The smallest absolute Gasteiger partial charge is 0.247 e. The van der Waals surface area contributed by atoms with Gasteiger partial charge in [-0.25, -0.2) is 8.42 Å². The van der Waals surface area contributed by atoms with Crippen LogP contribution in [0.1, 0.15) is 13.3 Å². The van der Waals surface area contributed by atoms with Gasteiger partial charge < -0.3 is 10.5 Å². The number of methoxy groups -OCH3 is 1. The number of sulfonamides is 1. The van der Waals surface area contributed by atoms with Gasteiger partial charge in [-0.1, -0.05) is 11.6 Å². The van der Waals surface area contributed by atoms with Crippen LogP contribution in [-0.2, 0) is 10.0 Å². The Hall–Kier alpha value is -1.05. The molecular weight excluding hydrogens is 344 g/mol. The Balaban J connectivity index is 2.47. The van der Waals surface area contributed by atoms with Gasteiger partial charge in [0.15, 0.2) is 0 Å². The van der Waals surface area contributed by atoms with Crippen molar-refractivity contribution in [3.05, 3.63) is 28.3 Å². The summed E-state index contributed by atoms with van der Waals surface area (Å²) in [5.74, 6) is 0.289. The van der Waals surface area contributed by atoms with Crippen LogP contribution in [0.4, 0.5) is 5.69 Å². The van der Waals surface area contributed by atoms with Crippen LogP contribution >= 0.6 is 15.9 Å². The second-order valence-corrected chi connectivity index (χ2v) is 7.45. The number of nitrogen functional groups attached to an aromatic ring is 1. The van der Waals surface area contributed by atoms with Gasteiger partial charge in [0.05, 0.1) is 7.11 Å². The molecule has 0 saturated carbocycles. The minimum Gasteiger partial charge on any atom is -0.495 e. The fourth-order valence-electron chi connectivity index (χ4n) is 2.02. The van der Waals surface area contributed by atoms with Gasteiger partial charge in [0.1, 0.15) is 10.6 Å². The van der Waals surface area contributed by atoms with Crippen LogP contribution in [-0.4, -0.2) is 32.9 Å². The number of nitrogens with two attached hydrogens (primary N) is 1. The van der Waals surface area contributed by atoms with E-state index in [1.807, 2.05) is 13.0 Å². The van der Waals surface area contributed by atoms with E-state index in [1.165, 1.54) is 23.1 Å². The Labute approximate surface area is 127 Å². The van der Waals surface area contributed by atoms with Gasteiger partial charge >= 0.3 is 0 Å². The lowest BCUT2D eigenvalue weighted by molar-refractivity contribution is 0.393. The van der Waals surface area contributed by atoms with Crippen molar-refractivity contribution in [2.45, 2.75) is 18.2 Å². The molecule has 0 amide bonds. The summed E-state index contributed by atoms with van der Waals surface area (Å²) in [4.78, 5) is 0.105. The third-order valence-electron chi connectivity index (χ3n) is 3.30. The standard InChI is InChI=1S/C13H17BrN2O3S/c1-9-3-5-16(6-4-9)20(17,18)13-8-11(15)10(14)7-12(13)19-2/h3,7-8H,4-6,15H2,1-2H3. The van der Waals surface area contributed by atoms with E-state index in [2.05, 4.69) is 15.9 Å². The van der Waals surface area contributed by atoms with Crippen LogP contribution < -0.4 is 10.5 Å². The highest BCUT2D eigenvalue weighted by Crippen LogP contribution is 2.34. The van der Waals surface area contributed by atoms with Crippen LogP contribution in [0.3, 0.4) is 0 Å². The van der Waals surface area contributed by atoms with E-state index in [0.29, 0.717) is 23.2 Å².